The van der Waals surface area contributed by atoms with Crippen LogP contribution in [0.4, 0.5) is 11.4 Å². The summed E-state index contributed by atoms with van der Waals surface area (Å²) in [6.07, 6.45) is 0. The highest BCUT2D eigenvalue weighted by Gasteiger charge is 2.15. The van der Waals surface area contributed by atoms with Gasteiger partial charge in [0.15, 0.2) is 0 Å². The van der Waals surface area contributed by atoms with Crippen molar-refractivity contribution in [2.24, 2.45) is 0 Å². The summed E-state index contributed by atoms with van der Waals surface area (Å²) in [7, 11) is 0. The molecule has 0 aromatic heterocycles. The first-order valence-corrected chi connectivity index (χ1v) is 8.16. The Labute approximate surface area is 152 Å². The normalized spacial score (nSPS) is 10.2. The van der Waals surface area contributed by atoms with Crippen molar-refractivity contribution in [1.82, 2.24) is 5.32 Å². The molecule has 0 aliphatic heterocycles. The first-order chi connectivity index (χ1) is 11.8. The van der Waals surface area contributed by atoms with Crippen LogP contribution < -0.4 is 10.6 Å². The van der Waals surface area contributed by atoms with E-state index in [0.29, 0.717) is 11.3 Å². The monoisotopic (exact) mass is 405 g/mol. The number of nitro groups is 1. The molecule has 0 radical (unpaired) electrons. The smallest absolute Gasteiger partial charge is 0.273 e. The number of hydrogen-bond acceptors (Lipinski definition) is 4. The summed E-state index contributed by atoms with van der Waals surface area (Å²) in [5, 5.41) is 16.1. The number of anilines is 1. The molecule has 2 aromatic carbocycles. The van der Waals surface area contributed by atoms with Gasteiger partial charge in [-0.3, -0.25) is 19.7 Å². The van der Waals surface area contributed by atoms with Crippen molar-refractivity contribution in [3.63, 3.8) is 0 Å². The summed E-state index contributed by atoms with van der Waals surface area (Å²) in [5.41, 5.74) is 1.98. The van der Waals surface area contributed by atoms with Crippen LogP contribution in [-0.2, 0) is 4.79 Å². The minimum Gasteiger partial charge on any atom is -0.343 e. The Morgan fingerprint density at radius 3 is 2.48 bits per heavy atom. The summed E-state index contributed by atoms with van der Waals surface area (Å²) >= 11 is 3.34. The number of benzene rings is 2. The lowest BCUT2D eigenvalue weighted by molar-refractivity contribution is -0.385. The molecule has 2 aromatic rings. The number of nitro benzene ring substituents is 1. The maximum Gasteiger partial charge on any atom is 0.273 e. The highest BCUT2D eigenvalue weighted by Crippen LogP contribution is 2.20. The van der Waals surface area contributed by atoms with Crippen LogP contribution in [0.15, 0.2) is 40.9 Å². The van der Waals surface area contributed by atoms with Crippen LogP contribution in [0.25, 0.3) is 0 Å². The maximum atomic E-state index is 12.1. The van der Waals surface area contributed by atoms with Crippen LogP contribution in [0.3, 0.4) is 0 Å². The second-order valence-corrected chi connectivity index (χ2v) is 6.36. The zero-order chi connectivity index (χ0) is 18.6. The van der Waals surface area contributed by atoms with Crippen LogP contribution >= 0.6 is 15.9 Å². The van der Waals surface area contributed by atoms with E-state index in [-0.39, 0.29) is 23.7 Å². The molecule has 0 spiro atoms. The minimum atomic E-state index is -0.550. The third-order valence-corrected chi connectivity index (χ3v) is 4.03. The van der Waals surface area contributed by atoms with Gasteiger partial charge in [0, 0.05) is 27.4 Å². The van der Waals surface area contributed by atoms with Gasteiger partial charge in [0.1, 0.15) is 0 Å². The first kappa shape index (κ1) is 18.6. The number of rotatable bonds is 5. The van der Waals surface area contributed by atoms with Gasteiger partial charge < -0.3 is 10.6 Å². The largest absolute Gasteiger partial charge is 0.343 e. The average Bonchev–Trinajstić information content (AvgIpc) is 2.55. The van der Waals surface area contributed by atoms with Gasteiger partial charge in [-0.25, -0.2) is 0 Å². The van der Waals surface area contributed by atoms with Gasteiger partial charge in [-0.2, -0.15) is 0 Å². The Morgan fingerprint density at radius 1 is 1.12 bits per heavy atom. The third kappa shape index (κ3) is 4.87. The fraction of sp³-hybridized carbons (Fsp3) is 0.176. The summed E-state index contributed by atoms with van der Waals surface area (Å²) < 4.78 is 0.900. The van der Waals surface area contributed by atoms with E-state index in [0.717, 1.165) is 10.0 Å². The molecule has 130 valence electrons. The molecule has 0 aliphatic rings. The maximum absolute atomic E-state index is 12.1. The number of hydrogen-bond donors (Lipinski definition) is 2. The van der Waals surface area contributed by atoms with Crippen LogP contribution in [-0.4, -0.2) is 23.3 Å². The fourth-order valence-corrected chi connectivity index (χ4v) is 2.65. The molecule has 7 nitrogen and oxygen atoms in total. The zero-order valence-electron chi connectivity index (χ0n) is 13.6. The molecule has 0 atom stereocenters. The molecule has 0 heterocycles. The van der Waals surface area contributed by atoms with Crippen molar-refractivity contribution >= 4 is 39.1 Å². The molecular formula is C17H16BrN3O4. The summed E-state index contributed by atoms with van der Waals surface area (Å²) in [6.45, 7) is 3.20. The first-order valence-electron chi connectivity index (χ1n) is 7.37. The van der Waals surface area contributed by atoms with E-state index < -0.39 is 10.8 Å². The van der Waals surface area contributed by atoms with E-state index in [1.54, 1.807) is 19.1 Å². The predicted octanol–water partition coefficient (Wildman–Crippen LogP) is 3.34. The summed E-state index contributed by atoms with van der Waals surface area (Å²) in [4.78, 5) is 34.4. The van der Waals surface area contributed by atoms with Crippen molar-refractivity contribution in [2.45, 2.75) is 13.8 Å². The van der Waals surface area contributed by atoms with E-state index in [1.165, 1.54) is 18.2 Å². The third-order valence-electron chi connectivity index (χ3n) is 3.54. The Morgan fingerprint density at radius 2 is 1.84 bits per heavy atom. The van der Waals surface area contributed by atoms with Crippen LogP contribution in [0.1, 0.15) is 21.5 Å². The van der Waals surface area contributed by atoms with Gasteiger partial charge in [0.2, 0.25) is 5.91 Å². The van der Waals surface area contributed by atoms with Gasteiger partial charge in [0.25, 0.3) is 11.6 Å². The van der Waals surface area contributed by atoms with E-state index >= 15 is 0 Å². The standard InChI is InChI=1S/C17H16BrN3O4/c1-10-3-4-12(8-15(10)21(24)25)17(23)19-9-16(22)20-14-6-5-13(18)7-11(14)2/h3-8H,9H2,1-2H3,(H,19,23)(H,20,22). The van der Waals surface area contributed by atoms with E-state index in [2.05, 4.69) is 26.6 Å². The highest BCUT2D eigenvalue weighted by atomic mass is 79.9. The Hall–Kier alpha value is -2.74. The molecule has 0 fully saturated rings. The molecule has 0 saturated carbocycles. The van der Waals surface area contributed by atoms with Crippen LogP contribution in [0.2, 0.25) is 0 Å². The summed E-state index contributed by atoms with van der Waals surface area (Å²) in [6, 6.07) is 9.59. The predicted molar refractivity (Wildman–Crippen MR) is 97.7 cm³/mol. The molecule has 0 aliphatic carbocycles. The van der Waals surface area contributed by atoms with Gasteiger partial charge in [-0.05, 0) is 43.7 Å². The average molecular weight is 406 g/mol. The van der Waals surface area contributed by atoms with Crippen molar-refractivity contribution in [3.8, 4) is 0 Å². The number of carbonyl (C=O) groups excluding carboxylic acids is 2. The highest BCUT2D eigenvalue weighted by molar-refractivity contribution is 9.10. The molecule has 0 saturated heterocycles. The van der Waals surface area contributed by atoms with Crippen molar-refractivity contribution in [2.75, 3.05) is 11.9 Å². The Bertz CT molecular complexity index is 852. The number of amides is 2. The number of nitrogens with zero attached hydrogens (tertiary/aromatic N) is 1. The van der Waals surface area contributed by atoms with Crippen molar-refractivity contribution in [3.05, 3.63) is 67.7 Å². The molecule has 25 heavy (non-hydrogen) atoms. The topological polar surface area (TPSA) is 101 Å². The molecular weight excluding hydrogens is 390 g/mol. The lowest BCUT2D eigenvalue weighted by Crippen LogP contribution is -2.33. The zero-order valence-corrected chi connectivity index (χ0v) is 15.2. The van der Waals surface area contributed by atoms with Gasteiger partial charge >= 0.3 is 0 Å². The Balaban J connectivity index is 1.98. The molecule has 8 heteroatoms. The SMILES string of the molecule is Cc1cc(Br)ccc1NC(=O)CNC(=O)c1ccc(C)c([N+](=O)[O-])c1. The number of aryl methyl sites for hydroxylation is 2. The van der Waals surface area contributed by atoms with Crippen LogP contribution in [0, 0.1) is 24.0 Å². The molecule has 0 bridgehead atoms. The van der Waals surface area contributed by atoms with E-state index in [9.17, 15) is 19.7 Å². The molecule has 2 N–H and O–H groups in total. The fourth-order valence-electron chi connectivity index (χ4n) is 2.17. The number of carbonyl (C=O) groups is 2. The van der Waals surface area contributed by atoms with Gasteiger partial charge in [0.05, 0.1) is 11.5 Å². The molecule has 2 amide bonds. The minimum absolute atomic E-state index is 0.130. The van der Waals surface area contributed by atoms with Crippen LogP contribution in [0.5, 0.6) is 0 Å². The van der Waals surface area contributed by atoms with Crippen molar-refractivity contribution in [1.29, 1.82) is 0 Å². The summed E-state index contributed by atoms with van der Waals surface area (Å²) in [5.74, 6) is -0.939. The lowest BCUT2D eigenvalue weighted by atomic mass is 10.1. The van der Waals surface area contributed by atoms with E-state index in [1.807, 2.05) is 13.0 Å². The second kappa shape index (κ2) is 7.89. The number of halogens is 1. The van der Waals surface area contributed by atoms with Gasteiger partial charge in [-0.15, -0.1) is 0 Å². The van der Waals surface area contributed by atoms with Gasteiger partial charge in [-0.1, -0.05) is 22.0 Å². The molecule has 0 unspecified atom stereocenters. The quantitative estimate of drug-likeness (QED) is 0.587. The molecule has 2 rings (SSSR count). The Kier molecular flexibility index (Phi) is 5.87. The van der Waals surface area contributed by atoms with Crippen molar-refractivity contribution < 1.29 is 14.5 Å². The van der Waals surface area contributed by atoms with E-state index in [4.69, 9.17) is 0 Å². The lowest BCUT2D eigenvalue weighted by Gasteiger charge is -2.10. The number of nitrogens with one attached hydrogen (secondary N) is 2. The second-order valence-electron chi connectivity index (χ2n) is 5.45.